The van der Waals surface area contributed by atoms with Gasteiger partial charge in [-0.05, 0) is 30.2 Å². The highest BCUT2D eigenvalue weighted by Crippen LogP contribution is 2.23. The van der Waals surface area contributed by atoms with Crippen molar-refractivity contribution in [3.8, 4) is 5.75 Å². The Morgan fingerprint density at radius 2 is 1.97 bits per heavy atom. The minimum absolute atomic E-state index is 0.140. The van der Waals surface area contributed by atoms with E-state index in [-0.39, 0.29) is 23.0 Å². The summed E-state index contributed by atoms with van der Waals surface area (Å²) >= 11 is 1.34. The first-order chi connectivity index (χ1) is 14.0. The maximum atomic E-state index is 12.3. The highest BCUT2D eigenvalue weighted by Gasteiger charge is 2.18. The molecule has 7 nitrogen and oxygen atoms in total. The molecule has 8 heteroatoms. The number of carboxylic acid groups (broad SMARTS) is 1. The van der Waals surface area contributed by atoms with E-state index in [0.29, 0.717) is 18.7 Å². The first kappa shape index (κ1) is 20.5. The molecule has 0 saturated carbocycles. The van der Waals surface area contributed by atoms with Crippen molar-refractivity contribution in [2.75, 3.05) is 18.2 Å². The van der Waals surface area contributed by atoms with Gasteiger partial charge in [0.15, 0.2) is 5.69 Å². The Hall–Kier alpha value is -3.26. The van der Waals surface area contributed by atoms with Crippen LogP contribution in [-0.2, 0) is 17.8 Å². The van der Waals surface area contributed by atoms with Crippen LogP contribution in [0.15, 0.2) is 65.7 Å². The van der Waals surface area contributed by atoms with Gasteiger partial charge in [-0.25, -0.2) is 4.79 Å². The molecule has 29 heavy (non-hydrogen) atoms. The van der Waals surface area contributed by atoms with E-state index in [9.17, 15) is 14.7 Å². The fourth-order valence-electron chi connectivity index (χ4n) is 2.70. The molecule has 1 aromatic heterocycles. The number of aryl methyl sites for hydroxylation is 2. The third-order valence-corrected chi connectivity index (χ3v) is 5.12. The van der Waals surface area contributed by atoms with E-state index in [4.69, 9.17) is 4.74 Å². The van der Waals surface area contributed by atoms with Gasteiger partial charge in [0.25, 0.3) is 0 Å². The number of amides is 1. The molecule has 3 aromatic rings. The molecule has 0 atom stereocenters. The minimum atomic E-state index is -1.18. The fraction of sp³-hybridized carbons (Fsp3) is 0.190. The molecular formula is C21H21N3O4S. The van der Waals surface area contributed by atoms with E-state index >= 15 is 0 Å². The maximum Gasteiger partial charge on any atom is 0.358 e. The highest BCUT2D eigenvalue weighted by atomic mass is 32.2. The molecule has 150 valence electrons. The monoisotopic (exact) mass is 411 g/mol. The molecule has 0 unspecified atom stereocenters. The summed E-state index contributed by atoms with van der Waals surface area (Å²) in [4.78, 5) is 24.7. The largest absolute Gasteiger partial charge is 0.497 e. The molecule has 0 spiro atoms. The number of aromatic nitrogens is 2. The van der Waals surface area contributed by atoms with Gasteiger partial charge in [-0.1, -0.05) is 36.4 Å². The molecule has 0 fully saturated rings. The number of carbonyl (C=O) groups is 2. The number of anilines is 1. The minimum Gasteiger partial charge on any atom is -0.497 e. The first-order valence-electron chi connectivity index (χ1n) is 8.96. The number of nitrogens with one attached hydrogen (secondary N) is 1. The average Bonchev–Trinajstić information content (AvgIpc) is 3.14. The predicted octanol–water partition coefficient (Wildman–Crippen LogP) is 3.56. The Bertz CT molecular complexity index is 989. The number of carbonyl (C=O) groups excluding carboxylic acids is 1. The average molecular weight is 411 g/mol. The number of ether oxygens (including phenoxy) is 1. The second-order valence-electron chi connectivity index (χ2n) is 6.21. The van der Waals surface area contributed by atoms with Gasteiger partial charge in [0, 0.05) is 17.6 Å². The topological polar surface area (TPSA) is 93.5 Å². The molecule has 0 aliphatic heterocycles. The Labute approximate surface area is 172 Å². The van der Waals surface area contributed by atoms with Crippen molar-refractivity contribution in [1.29, 1.82) is 0 Å². The standard InChI is InChI=1S/C21H21N3O4S/c1-28-16-8-5-9-17(12-16)29-14-19(25)22-18-13-24(23-20(18)21(26)27)11-10-15-6-3-2-4-7-15/h2-9,12-13H,10-11,14H2,1H3,(H,22,25)(H,26,27). The maximum absolute atomic E-state index is 12.3. The number of thioether (sulfide) groups is 1. The van der Waals surface area contributed by atoms with Crippen LogP contribution >= 0.6 is 11.8 Å². The predicted molar refractivity (Wildman–Crippen MR) is 112 cm³/mol. The van der Waals surface area contributed by atoms with Crippen LogP contribution in [0.4, 0.5) is 5.69 Å². The van der Waals surface area contributed by atoms with E-state index in [1.807, 2.05) is 54.6 Å². The van der Waals surface area contributed by atoms with Crippen LogP contribution in [0.5, 0.6) is 5.75 Å². The molecule has 0 aliphatic carbocycles. The van der Waals surface area contributed by atoms with Crippen molar-refractivity contribution in [1.82, 2.24) is 9.78 Å². The zero-order chi connectivity index (χ0) is 20.6. The van der Waals surface area contributed by atoms with Crippen molar-refractivity contribution in [2.45, 2.75) is 17.9 Å². The van der Waals surface area contributed by atoms with E-state index in [0.717, 1.165) is 10.5 Å². The van der Waals surface area contributed by atoms with Crippen LogP contribution in [0, 0.1) is 0 Å². The fourth-order valence-corrected chi connectivity index (χ4v) is 3.44. The van der Waals surface area contributed by atoms with Gasteiger partial charge in [0.2, 0.25) is 5.91 Å². The third-order valence-electron chi connectivity index (χ3n) is 4.12. The summed E-state index contributed by atoms with van der Waals surface area (Å²) in [6, 6.07) is 17.2. The number of methoxy groups -OCH3 is 1. The molecular weight excluding hydrogens is 390 g/mol. The third kappa shape index (κ3) is 5.86. The summed E-state index contributed by atoms with van der Waals surface area (Å²) in [5.74, 6) is -0.632. The summed E-state index contributed by atoms with van der Waals surface area (Å²) in [5, 5.41) is 16.1. The van der Waals surface area contributed by atoms with Crippen molar-refractivity contribution in [2.24, 2.45) is 0 Å². The first-order valence-corrected chi connectivity index (χ1v) is 9.95. The zero-order valence-corrected chi connectivity index (χ0v) is 16.7. The number of benzene rings is 2. The summed E-state index contributed by atoms with van der Waals surface area (Å²) < 4.78 is 6.71. The van der Waals surface area contributed by atoms with E-state index < -0.39 is 5.97 Å². The smallest absolute Gasteiger partial charge is 0.358 e. The second-order valence-corrected chi connectivity index (χ2v) is 7.26. The number of nitrogens with zero attached hydrogens (tertiary/aromatic N) is 2. The van der Waals surface area contributed by atoms with E-state index in [1.54, 1.807) is 18.0 Å². The molecule has 3 rings (SSSR count). The molecule has 0 saturated heterocycles. The van der Waals surface area contributed by atoms with Gasteiger partial charge in [-0.2, -0.15) is 5.10 Å². The van der Waals surface area contributed by atoms with Crippen LogP contribution in [0.3, 0.4) is 0 Å². The van der Waals surface area contributed by atoms with E-state index in [2.05, 4.69) is 10.4 Å². The van der Waals surface area contributed by atoms with Crippen molar-refractivity contribution < 1.29 is 19.4 Å². The lowest BCUT2D eigenvalue weighted by Gasteiger charge is -2.05. The number of aromatic carboxylic acids is 1. The molecule has 2 aromatic carbocycles. The van der Waals surface area contributed by atoms with Crippen molar-refractivity contribution >= 4 is 29.3 Å². The second kappa shape index (κ2) is 9.79. The molecule has 1 amide bonds. The zero-order valence-electron chi connectivity index (χ0n) is 15.9. The highest BCUT2D eigenvalue weighted by molar-refractivity contribution is 8.00. The summed E-state index contributed by atoms with van der Waals surface area (Å²) in [6.07, 6.45) is 2.27. The Kier molecular flexibility index (Phi) is 6.91. The Morgan fingerprint density at radius 1 is 1.17 bits per heavy atom. The number of carboxylic acids is 1. The van der Waals surface area contributed by atoms with Gasteiger partial charge in [-0.3, -0.25) is 9.48 Å². The van der Waals surface area contributed by atoms with Gasteiger partial charge in [0.1, 0.15) is 5.75 Å². The Morgan fingerprint density at radius 3 is 2.69 bits per heavy atom. The molecule has 0 bridgehead atoms. The van der Waals surface area contributed by atoms with Crippen LogP contribution in [-0.4, -0.2) is 39.6 Å². The lowest BCUT2D eigenvalue weighted by molar-refractivity contribution is -0.113. The van der Waals surface area contributed by atoms with Crippen molar-refractivity contribution in [3.05, 3.63) is 72.1 Å². The van der Waals surface area contributed by atoms with Gasteiger partial charge in [0.05, 0.1) is 18.6 Å². The number of hydrogen-bond donors (Lipinski definition) is 2. The van der Waals surface area contributed by atoms with Gasteiger partial charge in [-0.15, -0.1) is 11.8 Å². The van der Waals surface area contributed by atoms with Gasteiger partial charge < -0.3 is 15.2 Å². The molecule has 2 N–H and O–H groups in total. The number of hydrogen-bond acceptors (Lipinski definition) is 5. The number of rotatable bonds is 9. The summed E-state index contributed by atoms with van der Waals surface area (Å²) in [5.41, 5.74) is 1.15. The van der Waals surface area contributed by atoms with Crippen LogP contribution in [0.1, 0.15) is 16.1 Å². The SMILES string of the molecule is COc1cccc(SCC(=O)Nc2cn(CCc3ccccc3)nc2C(=O)O)c1. The van der Waals surface area contributed by atoms with Crippen LogP contribution < -0.4 is 10.1 Å². The van der Waals surface area contributed by atoms with Gasteiger partial charge >= 0.3 is 5.97 Å². The quantitative estimate of drug-likeness (QED) is 0.523. The molecule has 0 radical (unpaired) electrons. The molecule has 1 heterocycles. The lowest BCUT2D eigenvalue weighted by atomic mass is 10.1. The lowest BCUT2D eigenvalue weighted by Crippen LogP contribution is -2.15. The van der Waals surface area contributed by atoms with E-state index in [1.165, 1.54) is 11.8 Å². The molecule has 0 aliphatic rings. The Balaban J connectivity index is 1.61. The summed E-state index contributed by atoms with van der Waals surface area (Å²) in [7, 11) is 1.58. The normalized spacial score (nSPS) is 10.5. The summed E-state index contributed by atoms with van der Waals surface area (Å²) in [6.45, 7) is 0.513. The van der Waals surface area contributed by atoms with Crippen molar-refractivity contribution in [3.63, 3.8) is 0 Å². The van der Waals surface area contributed by atoms with Crippen LogP contribution in [0.2, 0.25) is 0 Å². The van der Waals surface area contributed by atoms with Crippen LogP contribution in [0.25, 0.3) is 0 Å².